The number of aliphatic hydroxyl groups is 1. The van der Waals surface area contributed by atoms with E-state index in [1.54, 1.807) is 30.3 Å². The molecule has 10 heteroatoms. The van der Waals surface area contributed by atoms with Crippen LogP contribution >= 0.6 is 0 Å². The van der Waals surface area contributed by atoms with Crippen LogP contribution in [-0.2, 0) is 48.3 Å². The van der Waals surface area contributed by atoms with Crippen LogP contribution in [0.4, 0.5) is 0 Å². The summed E-state index contributed by atoms with van der Waals surface area (Å²) in [4.78, 5) is 0.191. The van der Waals surface area contributed by atoms with Crippen LogP contribution in [0.5, 0.6) is 0 Å². The molecule has 0 bridgehead atoms. The van der Waals surface area contributed by atoms with E-state index in [0.717, 1.165) is 26.9 Å². The van der Waals surface area contributed by atoms with E-state index in [9.17, 15) is 13.5 Å². The largest absolute Gasteiger partial charge is 0.405 e. The summed E-state index contributed by atoms with van der Waals surface area (Å²) in [5.74, 6) is 0. The van der Waals surface area contributed by atoms with Gasteiger partial charge in [-0.1, -0.05) is 178 Å². The van der Waals surface area contributed by atoms with Crippen LogP contribution in [-0.4, -0.2) is 56.5 Å². The molecule has 4 atom stereocenters. The molecule has 0 aliphatic carbocycles. The van der Waals surface area contributed by atoms with Crippen molar-refractivity contribution in [1.82, 2.24) is 3.97 Å². The van der Waals surface area contributed by atoms with Gasteiger partial charge in [-0.05, 0) is 63.6 Å². The van der Waals surface area contributed by atoms with Crippen molar-refractivity contribution in [2.75, 3.05) is 6.61 Å². The molecule has 8 nitrogen and oxygen atoms in total. The Kier molecular flexibility index (Phi) is 13.1. The third-order valence-corrected chi connectivity index (χ3v) is 18.9. The van der Waals surface area contributed by atoms with E-state index in [-0.39, 0.29) is 42.4 Å². The van der Waals surface area contributed by atoms with Crippen molar-refractivity contribution in [2.45, 2.75) is 87.3 Å². The van der Waals surface area contributed by atoms with Crippen LogP contribution in [0.15, 0.2) is 187 Å². The van der Waals surface area contributed by atoms with Gasteiger partial charge < -0.3 is 23.7 Å². The van der Waals surface area contributed by atoms with Crippen LogP contribution in [0.3, 0.4) is 0 Å². The first-order valence-electron chi connectivity index (χ1n) is 21.3. The average Bonchev–Trinajstić information content (AvgIpc) is 3.69. The molecule has 2 heterocycles. The van der Waals surface area contributed by atoms with E-state index in [0.29, 0.717) is 17.8 Å². The van der Waals surface area contributed by atoms with Crippen molar-refractivity contribution in [3.8, 4) is 0 Å². The highest BCUT2D eigenvalue weighted by molar-refractivity contribution is 7.90. The Labute approximate surface area is 366 Å². The van der Waals surface area contributed by atoms with Gasteiger partial charge in [0.25, 0.3) is 18.3 Å². The molecule has 320 valence electrons. The molecular weight excluding hydrogens is 811 g/mol. The fourth-order valence-electron chi connectivity index (χ4n) is 8.92. The van der Waals surface area contributed by atoms with Crippen molar-refractivity contribution in [3.05, 3.63) is 199 Å². The first-order chi connectivity index (χ1) is 30.0. The summed E-state index contributed by atoms with van der Waals surface area (Å²) in [6, 6.07) is 58.6. The Hall–Kier alpha value is -5.17. The molecular formula is C52H55NO7SSi. The quantitative estimate of drug-likeness (QED) is 0.0970. The molecule has 1 aliphatic rings. The van der Waals surface area contributed by atoms with Gasteiger partial charge in [0.2, 0.25) is 0 Å². The predicted molar refractivity (Wildman–Crippen MR) is 247 cm³/mol. The summed E-state index contributed by atoms with van der Waals surface area (Å²) in [5.41, 5.74) is 1.78. The van der Waals surface area contributed by atoms with Gasteiger partial charge in [-0.2, -0.15) is 0 Å². The van der Waals surface area contributed by atoms with E-state index < -0.39 is 42.4 Å². The number of benzene rings is 6. The zero-order chi connectivity index (χ0) is 43.2. The van der Waals surface area contributed by atoms with E-state index >= 15 is 0 Å². The maximum atomic E-state index is 14.4. The molecule has 62 heavy (non-hydrogen) atoms. The van der Waals surface area contributed by atoms with Gasteiger partial charge in [-0.3, -0.25) is 0 Å². The van der Waals surface area contributed by atoms with Gasteiger partial charge in [0, 0.05) is 17.5 Å². The normalized spacial score (nSPS) is 19.7. The number of hydrogen-bond acceptors (Lipinski definition) is 7. The van der Waals surface area contributed by atoms with Gasteiger partial charge in [0.05, 0.1) is 36.3 Å². The Morgan fingerprint density at radius 3 is 1.81 bits per heavy atom. The Bertz CT molecular complexity index is 2580. The predicted octanol–water partition coefficient (Wildman–Crippen LogP) is 9.04. The Balaban J connectivity index is 1.17. The van der Waals surface area contributed by atoms with Gasteiger partial charge in [0.15, 0.2) is 6.29 Å². The van der Waals surface area contributed by atoms with E-state index in [2.05, 4.69) is 69.3 Å². The Morgan fingerprint density at radius 2 is 1.23 bits per heavy atom. The average molecular weight is 866 g/mol. The van der Waals surface area contributed by atoms with Gasteiger partial charge >= 0.3 is 0 Å². The molecule has 1 N–H and O–H groups in total. The molecule has 1 fully saturated rings. The molecule has 6 aromatic carbocycles. The zero-order valence-electron chi connectivity index (χ0n) is 35.5. The third-order valence-electron chi connectivity index (χ3n) is 12.1. The molecule has 1 aliphatic heterocycles. The van der Waals surface area contributed by atoms with Crippen LogP contribution in [0, 0.1) is 0 Å². The van der Waals surface area contributed by atoms with E-state index in [1.165, 1.54) is 3.97 Å². The number of aromatic nitrogens is 1. The molecule has 8 rings (SSSR count). The van der Waals surface area contributed by atoms with Crippen LogP contribution in [0.2, 0.25) is 5.04 Å². The summed E-state index contributed by atoms with van der Waals surface area (Å²) < 4.78 is 58.2. The lowest BCUT2D eigenvalue weighted by molar-refractivity contribution is -0.314. The SMILES string of the molecule is CC(C)(C)[Si](OC[C@H]1O[C@@H](O)[C@](CCc2cc3ccccc3n2S(=O)(=O)c2ccccc2)(OCc2ccccc2)C[C@@H]1OCc1ccccc1)(c1ccccc1)c1ccccc1. The first kappa shape index (κ1) is 43.5. The molecule has 7 aromatic rings. The minimum atomic E-state index is -3.99. The van der Waals surface area contributed by atoms with Crippen LogP contribution < -0.4 is 10.4 Å². The van der Waals surface area contributed by atoms with Gasteiger partial charge in [-0.25, -0.2) is 12.4 Å². The molecule has 0 radical (unpaired) electrons. The summed E-state index contributed by atoms with van der Waals surface area (Å²) in [7, 11) is -6.99. The minimum Gasteiger partial charge on any atom is -0.405 e. The molecule has 0 saturated carbocycles. The second-order valence-corrected chi connectivity index (χ2v) is 23.2. The standard InChI is InChI=1S/C52H55NO7SSi/c1-51(2,3)62(45-28-15-7-16-29-45,46-30-17-8-18-31-46)59-39-49-48(57-37-40-21-9-4-10-22-40)36-52(50(54)60-49,58-38-41-23-11-5-12-24-41)34-33-43-35-42-25-19-20-32-47(42)53(43)61(55,56)44-26-13-6-14-27-44/h4-32,35,48-50,54H,33-34,36-39H2,1-3H3/t48-,49+,50+,52+/m0/s1. The number of para-hydroxylation sites is 1. The van der Waals surface area contributed by atoms with Crippen molar-refractivity contribution < 1.29 is 32.2 Å². The van der Waals surface area contributed by atoms with E-state index in [1.807, 2.05) is 103 Å². The summed E-state index contributed by atoms with van der Waals surface area (Å²) in [6.07, 6.45) is -1.91. The molecule has 0 unspecified atom stereocenters. The molecule has 1 saturated heterocycles. The monoisotopic (exact) mass is 865 g/mol. The smallest absolute Gasteiger partial charge is 0.268 e. The number of aliphatic hydroxyl groups excluding tert-OH is 1. The van der Waals surface area contributed by atoms with Crippen molar-refractivity contribution in [1.29, 1.82) is 0 Å². The highest BCUT2D eigenvalue weighted by Gasteiger charge is 2.54. The second-order valence-electron chi connectivity index (χ2n) is 17.2. The Morgan fingerprint density at radius 1 is 0.710 bits per heavy atom. The lowest BCUT2D eigenvalue weighted by Gasteiger charge is -2.49. The first-order valence-corrected chi connectivity index (χ1v) is 24.7. The fourth-order valence-corrected chi connectivity index (χ4v) is 15.1. The topological polar surface area (TPSA) is 96.2 Å². The van der Waals surface area contributed by atoms with Crippen molar-refractivity contribution >= 4 is 39.6 Å². The van der Waals surface area contributed by atoms with Gasteiger partial charge in [-0.15, -0.1) is 0 Å². The maximum absolute atomic E-state index is 14.4. The number of rotatable bonds is 16. The summed E-state index contributed by atoms with van der Waals surface area (Å²) in [5, 5.41) is 15.2. The maximum Gasteiger partial charge on any atom is 0.268 e. The fraction of sp³-hybridized carbons (Fsp3) is 0.269. The van der Waals surface area contributed by atoms with Crippen LogP contribution in [0.25, 0.3) is 10.9 Å². The number of hydrogen-bond donors (Lipinski definition) is 1. The molecule has 1 aromatic heterocycles. The third kappa shape index (κ3) is 9.00. The summed E-state index contributed by atoms with van der Waals surface area (Å²) >= 11 is 0. The number of ether oxygens (including phenoxy) is 3. The van der Waals surface area contributed by atoms with Gasteiger partial charge in [0.1, 0.15) is 11.7 Å². The van der Waals surface area contributed by atoms with E-state index in [4.69, 9.17) is 18.6 Å². The minimum absolute atomic E-state index is 0.155. The number of aryl methyl sites for hydroxylation is 1. The van der Waals surface area contributed by atoms with Crippen molar-refractivity contribution in [3.63, 3.8) is 0 Å². The van der Waals surface area contributed by atoms with Crippen molar-refractivity contribution in [2.24, 2.45) is 0 Å². The second kappa shape index (κ2) is 18.7. The highest BCUT2D eigenvalue weighted by atomic mass is 32.2. The number of fused-ring (bicyclic) bond motifs is 1. The summed E-state index contributed by atoms with van der Waals surface area (Å²) in [6.45, 7) is 7.36. The lowest BCUT2D eigenvalue weighted by atomic mass is 9.85. The highest BCUT2D eigenvalue weighted by Crippen LogP contribution is 2.41. The molecule has 0 spiro atoms. The molecule has 0 amide bonds. The zero-order valence-corrected chi connectivity index (χ0v) is 37.4. The lowest BCUT2D eigenvalue weighted by Crippen LogP contribution is -2.68. The van der Waals surface area contributed by atoms with Crippen LogP contribution in [0.1, 0.15) is 50.4 Å². The number of nitrogens with zero attached hydrogens (tertiary/aromatic N) is 1.